The van der Waals surface area contributed by atoms with Gasteiger partial charge in [0.15, 0.2) is 0 Å². The Balaban J connectivity index is 2.22. The largest absolute Gasteiger partial charge is 0.461 e. The molecule has 0 aliphatic heterocycles. The lowest BCUT2D eigenvalue weighted by molar-refractivity contribution is -0.135. The topological polar surface area (TPSA) is 63.6 Å². The van der Waals surface area contributed by atoms with Gasteiger partial charge in [0.1, 0.15) is 5.71 Å². The predicted molar refractivity (Wildman–Crippen MR) is 75.1 cm³/mol. The van der Waals surface area contributed by atoms with Crippen molar-refractivity contribution in [3.8, 4) is 0 Å². The van der Waals surface area contributed by atoms with Crippen molar-refractivity contribution in [2.24, 2.45) is 5.10 Å². The van der Waals surface area contributed by atoms with E-state index in [9.17, 15) is 4.79 Å². The zero-order valence-corrected chi connectivity index (χ0v) is 10.9. The Morgan fingerprint density at radius 1 is 1.42 bits per heavy atom. The van der Waals surface area contributed by atoms with Crippen LogP contribution in [0.5, 0.6) is 0 Å². The smallest absolute Gasteiger partial charge is 0.354 e. The molecule has 0 aliphatic rings. The van der Waals surface area contributed by atoms with Crippen LogP contribution in [0.15, 0.2) is 41.8 Å². The van der Waals surface area contributed by atoms with Crippen molar-refractivity contribution in [3.63, 3.8) is 0 Å². The number of aromatic nitrogens is 1. The van der Waals surface area contributed by atoms with Crippen LogP contribution in [0.4, 0.5) is 5.69 Å². The van der Waals surface area contributed by atoms with Crippen molar-refractivity contribution in [1.82, 2.24) is 4.98 Å². The lowest BCUT2D eigenvalue weighted by Gasteiger charge is -2.06. The molecule has 0 radical (unpaired) electrons. The average molecular weight is 257 g/mol. The Labute approximate surface area is 111 Å². The first-order valence-electron chi connectivity index (χ1n) is 6.02. The molecule has 0 aliphatic carbocycles. The van der Waals surface area contributed by atoms with Crippen LogP contribution in [0.25, 0.3) is 10.8 Å². The summed E-state index contributed by atoms with van der Waals surface area (Å²) < 4.78 is 4.86. The fourth-order valence-electron chi connectivity index (χ4n) is 1.65. The molecule has 2 rings (SSSR count). The van der Waals surface area contributed by atoms with Crippen LogP contribution in [-0.4, -0.2) is 23.3 Å². The third kappa shape index (κ3) is 3.07. The molecule has 1 aromatic carbocycles. The van der Waals surface area contributed by atoms with Crippen molar-refractivity contribution in [2.45, 2.75) is 13.8 Å². The summed E-state index contributed by atoms with van der Waals surface area (Å²) in [6, 6.07) is 7.66. The summed E-state index contributed by atoms with van der Waals surface area (Å²) in [5.41, 5.74) is 3.99. The highest BCUT2D eigenvalue weighted by atomic mass is 16.5. The number of hydrogen-bond acceptors (Lipinski definition) is 5. The Hall–Kier alpha value is -2.43. The van der Waals surface area contributed by atoms with E-state index in [0.717, 1.165) is 16.5 Å². The number of fused-ring (bicyclic) bond motifs is 1. The van der Waals surface area contributed by atoms with E-state index >= 15 is 0 Å². The highest BCUT2D eigenvalue weighted by Gasteiger charge is 2.06. The number of pyridine rings is 1. The van der Waals surface area contributed by atoms with Crippen LogP contribution in [0.2, 0.25) is 0 Å². The molecule has 5 heteroatoms. The quantitative estimate of drug-likeness (QED) is 0.519. The first-order chi connectivity index (χ1) is 9.22. The molecule has 2 aromatic rings. The molecule has 0 spiro atoms. The van der Waals surface area contributed by atoms with Gasteiger partial charge < -0.3 is 4.74 Å². The van der Waals surface area contributed by atoms with E-state index in [1.54, 1.807) is 26.2 Å². The summed E-state index contributed by atoms with van der Waals surface area (Å²) in [6.07, 6.45) is 3.50. The van der Waals surface area contributed by atoms with Crippen LogP contribution >= 0.6 is 0 Å². The zero-order valence-electron chi connectivity index (χ0n) is 10.9. The second kappa shape index (κ2) is 5.95. The normalized spacial score (nSPS) is 11.4. The van der Waals surface area contributed by atoms with Crippen molar-refractivity contribution < 1.29 is 9.53 Å². The lowest BCUT2D eigenvalue weighted by atomic mass is 10.1. The maximum Gasteiger partial charge on any atom is 0.354 e. The predicted octanol–water partition coefficient (Wildman–Crippen LogP) is 2.59. The molecule has 98 valence electrons. The van der Waals surface area contributed by atoms with Crippen LogP contribution in [0.1, 0.15) is 13.8 Å². The summed E-state index contributed by atoms with van der Waals surface area (Å²) in [4.78, 5) is 15.5. The van der Waals surface area contributed by atoms with E-state index in [0.29, 0.717) is 6.61 Å². The number of anilines is 1. The third-order valence-corrected chi connectivity index (χ3v) is 2.60. The number of hydrazone groups is 1. The molecule has 0 amide bonds. The number of rotatable bonds is 4. The van der Waals surface area contributed by atoms with Gasteiger partial charge in [-0.15, -0.1) is 0 Å². The number of carbonyl (C=O) groups excluding carboxylic acids is 1. The van der Waals surface area contributed by atoms with E-state index in [2.05, 4.69) is 15.5 Å². The molecule has 19 heavy (non-hydrogen) atoms. The van der Waals surface area contributed by atoms with Crippen molar-refractivity contribution >= 4 is 28.1 Å². The number of ether oxygens (including phenoxy) is 1. The van der Waals surface area contributed by atoms with Gasteiger partial charge in [-0.25, -0.2) is 4.79 Å². The van der Waals surface area contributed by atoms with Crippen LogP contribution in [-0.2, 0) is 9.53 Å². The Bertz CT molecular complexity index is 618. The van der Waals surface area contributed by atoms with Gasteiger partial charge in [0.05, 0.1) is 12.3 Å². The molecular formula is C14H15N3O2. The van der Waals surface area contributed by atoms with Crippen LogP contribution in [0, 0.1) is 0 Å². The minimum Gasteiger partial charge on any atom is -0.461 e. The van der Waals surface area contributed by atoms with Gasteiger partial charge in [0.25, 0.3) is 0 Å². The van der Waals surface area contributed by atoms with E-state index < -0.39 is 5.97 Å². The van der Waals surface area contributed by atoms with E-state index in [1.165, 1.54) is 0 Å². The van der Waals surface area contributed by atoms with E-state index in [1.807, 2.05) is 24.3 Å². The van der Waals surface area contributed by atoms with E-state index in [4.69, 9.17) is 4.74 Å². The average Bonchev–Trinajstić information content (AvgIpc) is 2.45. The summed E-state index contributed by atoms with van der Waals surface area (Å²) in [5.74, 6) is -0.420. The van der Waals surface area contributed by atoms with Crippen LogP contribution in [0.3, 0.4) is 0 Å². The Morgan fingerprint density at radius 3 is 3.05 bits per heavy atom. The van der Waals surface area contributed by atoms with Crippen molar-refractivity contribution in [2.75, 3.05) is 12.0 Å². The Morgan fingerprint density at radius 2 is 2.26 bits per heavy atom. The molecular weight excluding hydrogens is 242 g/mol. The lowest BCUT2D eigenvalue weighted by Crippen LogP contribution is -2.15. The number of nitrogens with zero attached hydrogens (tertiary/aromatic N) is 2. The standard InChI is InChI=1S/C14H15N3O2/c1-3-19-14(18)10(2)16-17-13-6-4-5-11-9-15-8-7-12(11)13/h4-9,17H,3H2,1-2H3/b16-10-. The molecule has 0 saturated carbocycles. The van der Waals surface area contributed by atoms with Gasteiger partial charge in [-0.3, -0.25) is 10.4 Å². The monoisotopic (exact) mass is 257 g/mol. The minimum absolute atomic E-state index is 0.285. The molecule has 0 bridgehead atoms. The maximum absolute atomic E-state index is 11.4. The van der Waals surface area contributed by atoms with Gasteiger partial charge in [0.2, 0.25) is 0 Å². The van der Waals surface area contributed by atoms with Gasteiger partial charge in [-0.1, -0.05) is 12.1 Å². The fourth-order valence-corrected chi connectivity index (χ4v) is 1.65. The zero-order chi connectivity index (χ0) is 13.7. The second-order valence-corrected chi connectivity index (χ2v) is 3.93. The summed E-state index contributed by atoms with van der Waals surface area (Å²) in [5, 5.41) is 6.04. The number of nitrogens with one attached hydrogen (secondary N) is 1. The highest BCUT2D eigenvalue weighted by molar-refractivity contribution is 6.35. The van der Waals surface area contributed by atoms with Gasteiger partial charge in [-0.2, -0.15) is 5.10 Å². The summed E-state index contributed by atoms with van der Waals surface area (Å²) in [7, 11) is 0. The highest BCUT2D eigenvalue weighted by Crippen LogP contribution is 2.21. The molecule has 0 saturated heterocycles. The number of carbonyl (C=O) groups is 1. The molecule has 0 unspecified atom stereocenters. The van der Waals surface area contributed by atoms with Gasteiger partial charge in [-0.05, 0) is 26.0 Å². The molecule has 5 nitrogen and oxygen atoms in total. The van der Waals surface area contributed by atoms with E-state index in [-0.39, 0.29) is 5.71 Å². The SMILES string of the molecule is CCOC(=O)/C(C)=N\Nc1cccc2cnccc12. The minimum atomic E-state index is -0.420. The number of benzene rings is 1. The number of esters is 1. The van der Waals surface area contributed by atoms with Crippen molar-refractivity contribution in [3.05, 3.63) is 36.7 Å². The van der Waals surface area contributed by atoms with Gasteiger partial charge >= 0.3 is 5.97 Å². The Kier molecular flexibility index (Phi) is 4.07. The second-order valence-electron chi connectivity index (χ2n) is 3.93. The first kappa shape index (κ1) is 13.0. The van der Waals surface area contributed by atoms with Gasteiger partial charge in [0, 0.05) is 23.2 Å². The molecule has 0 atom stereocenters. The number of hydrogen-bond donors (Lipinski definition) is 1. The van der Waals surface area contributed by atoms with Crippen LogP contribution < -0.4 is 5.43 Å². The third-order valence-electron chi connectivity index (χ3n) is 2.60. The molecule has 1 N–H and O–H groups in total. The first-order valence-corrected chi connectivity index (χ1v) is 6.02. The summed E-state index contributed by atoms with van der Waals surface area (Å²) >= 11 is 0. The van der Waals surface area contributed by atoms with Crippen molar-refractivity contribution in [1.29, 1.82) is 0 Å². The molecule has 1 heterocycles. The molecule has 1 aromatic heterocycles. The fraction of sp³-hybridized carbons (Fsp3) is 0.214. The summed E-state index contributed by atoms with van der Waals surface area (Å²) in [6.45, 7) is 3.71. The molecule has 0 fully saturated rings. The maximum atomic E-state index is 11.4.